The molecule has 2 aromatic heterocycles. The Morgan fingerprint density at radius 2 is 2.28 bits per heavy atom. The summed E-state index contributed by atoms with van der Waals surface area (Å²) in [5.74, 6) is 0.726. The second kappa shape index (κ2) is 5.68. The maximum Gasteiger partial charge on any atom is 0.176 e. The molecular formula is C12H18N6. The number of likely N-dealkylation sites (N-methyl/N-ethyl adjacent to an activating group) is 1. The van der Waals surface area contributed by atoms with Gasteiger partial charge in [0.2, 0.25) is 0 Å². The van der Waals surface area contributed by atoms with Crippen molar-refractivity contribution in [1.82, 2.24) is 30.5 Å². The monoisotopic (exact) mass is 246 g/mol. The third kappa shape index (κ3) is 2.70. The van der Waals surface area contributed by atoms with Crippen LogP contribution in [0.5, 0.6) is 0 Å². The van der Waals surface area contributed by atoms with Crippen LogP contribution in [0.15, 0.2) is 18.3 Å². The summed E-state index contributed by atoms with van der Waals surface area (Å²) >= 11 is 0. The number of pyridine rings is 1. The van der Waals surface area contributed by atoms with Crippen LogP contribution in [0.1, 0.15) is 30.0 Å². The molecule has 2 heterocycles. The van der Waals surface area contributed by atoms with Gasteiger partial charge >= 0.3 is 0 Å². The van der Waals surface area contributed by atoms with E-state index < -0.39 is 0 Å². The fourth-order valence-electron chi connectivity index (χ4n) is 1.99. The van der Waals surface area contributed by atoms with Gasteiger partial charge in [0, 0.05) is 12.6 Å². The molecule has 0 bridgehead atoms. The van der Waals surface area contributed by atoms with Gasteiger partial charge in [-0.3, -0.25) is 4.98 Å². The van der Waals surface area contributed by atoms with Crippen LogP contribution >= 0.6 is 0 Å². The summed E-state index contributed by atoms with van der Waals surface area (Å²) in [5.41, 5.74) is 2.32. The largest absolute Gasteiger partial charge is 0.311 e. The Kier molecular flexibility index (Phi) is 3.99. The van der Waals surface area contributed by atoms with E-state index in [9.17, 15) is 0 Å². The van der Waals surface area contributed by atoms with Crippen LogP contribution in [0.25, 0.3) is 0 Å². The first-order valence-electron chi connectivity index (χ1n) is 6.08. The average molecular weight is 246 g/mol. The van der Waals surface area contributed by atoms with Gasteiger partial charge in [-0.2, -0.15) is 4.80 Å². The predicted molar refractivity (Wildman–Crippen MR) is 67.9 cm³/mol. The van der Waals surface area contributed by atoms with Crippen LogP contribution in [0, 0.1) is 0 Å². The van der Waals surface area contributed by atoms with Crippen molar-refractivity contribution < 1.29 is 0 Å². The van der Waals surface area contributed by atoms with Crippen LogP contribution < -0.4 is 5.32 Å². The van der Waals surface area contributed by atoms with Crippen molar-refractivity contribution in [3.05, 3.63) is 35.4 Å². The van der Waals surface area contributed by atoms with Gasteiger partial charge in [-0.05, 0) is 30.3 Å². The highest BCUT2D eigenvalue weighted by molar-refractivity contribution is 5.23. The van der Waals surface area contributed by atoms with Crippen LogP contribution in [-0.4, -0.2) is 32.2 Å². The summed E-state index contributed by atoms with van der Waals surface area (Å²) in [6.45, 7) is 2.13. The van der Waals surface area contributed by atoms with Gasteiger partial charge in [0.1, 0.15) is 0 Å². The third-order valence-corrected chi connectivity index (χ3v) is 2.92. The molecule has 0 spiro atoms. The van der Waals surface area contributed by atoms with E-state index in [0.717, 1.165) is 17.9 Å². The summed E-state index contributed by atoms with van der Waals surface area (Å²) in [5, 5.41) is 15.3. The van der Waals surface area contributed by atoms with Gasteiger partial charge in [0.05, 0.1) is 18.8 Å². The molecule has 1 unspecified atom stereocenters. The van der Waals surface area contributed by atoms with Gasteiger partial charge in [-0.15, -0.1) is 10.2 Å². The molecule has 1 atom stereocenters. The molecule has 0 radical (unpaired) electrons. The minimum absolute atomic E-state index is 0.116. The summed E-state index contributed by atoms with van der Waals surface area (Å²) in [6, 6.07) is 4.19. The van der Waals surface area contributed by atoms with Crippen molar-refractivity contribution in [2.45, 2.75) is 25.8 Å². The van der Waals surface area contributed by atoms with Crippen molar-refractivity contribution in [3.8, 4) is 0 Å². The van der Waals surface area contributed by atoms with Gasteiger partial charge in [0.25, 0.3) is 0 Å². The predicted octanol–water partition coefficient (Wildman–Crippen LogP) is 0.671. The highest BCUT2D eigenvalue weighted by Gasteiger charge is 2.17. The van der Waals surface area contributed by atoms with E-state index >= 15 is 0 Å². The van der Waals surface area contributed by atoms with Crippen molar-refractivity contribution >= 4 is 0 Å². The summed E-state index contributed by atoms with van der Waals surface area (Å²) in [6.07, 6.45) is 3.48. The molecule has 0 saturated heterocycles. The molecule has 6 nitrogen and oxygen atoms in total. The number of hydrogen-bond donors (Lipinski definition) is 1. The van der Waals surface area contributed by atoms with E-state index in [0.29, 0.717) is 6.42 Å². The molecule has 0 amide bonds. The van der Waals surface area contributed by atoms with Gasteiger partial charge in [0.15, 0.2) is 5.82 Å². The molecule has 0 aliphatic heterocycles. The van der Waals surface area contributed by atoms with Gasteiger partial charge < -0.3 is 5.32 Å². The Bertz CT molecular complexity index is 507. The molecule has 2 aromatic rings. The second-order valence-corrected chi connectivity index (χ2v) is 4.14. The SMILES string of the molecule is CCc1cccnc1C(Cc1nnn(C)n1)NC. The minimum Gasteiger partial charge on any atom is -0.311 e. The number of nitrogens with one attached hydrogen (secondary N) is 1. The quantitative estimate of drug-likeness (QED) is 0.840. The smallest absolute Gasteiger partial charge is 0.176 e. The first kappa shape index (κ1) is 12.6. The van der Waals surface area contributed by atoms with Crippen LogP contribution in [0.3, 0.4) is 0 Å². The number of tetrazole rings is 1. The van der Waals surface area contributed by atoms with Crippen molar-refractivity contribution in [3.63, 3.8) is 0 Å². The molecule has 0 aromatic carbocycles. The molecular weight excluding hydrogens is 228 g/mol. The molecule has 6 heteroatoms. The Labute approximate surface area is 106 Å². The maximum atomic E-state index is 4.48. The van der Waals surface area contributed by atoms with Crippen LogP contribution in [-0.2, 0) is 19.9 Å². The lowest BCUT2D eigenvalue weighted by atomic mass is 10.0. The fraction of sp³-hybridized carbons (Fsp3) is 0.500. The van der Waals surface area contributed by atoms with Crippen LogP contribution in [0.2, 0.25) is 0 Å². The van der Waals surface area contributed by atoms with E-state index in [1.165, 1.54) is 10.4 Å². The topological polar surface area (TPSA) is 68.5 Å². The zero-order valence-electron chi connectivity index (χ0n) is 11.0. The molecule has 96 valence electrons. The first-order valence-corrected chi connectivity index (χ1v) is 6.08. The summed E-state index contributed by atoms with van der Waals surface area (Å²) in [7, 11) is 3.69. The van der Waals surface area contributed by atoms with Crippen molar-refractivity contribution in [2.24, 2.45) is 7.05 Å². The van der Waals surface area contributed by atoms with Crippen molar-refractivity contribution in [1.29, 1.82) is 0 Å². The highest BCUT2D eigenvalue weighted by atomic mass is 15.6. The third-order valence-electron chi connectivity index (χ3n) is 2.92. The number of nitrogens with zero attached hydrogens (tertiary/aromatic N) is 5. The Balaban J connectivity index is 2.22. The maximum absolute atomic E-state index is 4.48. The van der Waals surface area contributed by atoms with E-state index in [1.807, 2.05) is 19.3 Å². The lowest BCUT2D eigenvalue weighted by Gasteiger charge is -2.16. The number of aryl methyl sites for hydroxylation is 2. The average Bonchev–Trinajstić information content (AvgIpc) is 2.81. The standard InChI is InChI=1S/C12H18N6/c1-4-9-6-5-7-14-12(9)10(13-2)8-11-15-17-18(3)16-11/h5-7,10,13H,4,8H2,1-3H3. The molecule has 0 fully saturated rings. The van der Waals surface area contributed by atoms with Crippen molar-refractivity contribution in [2.75, 3.05) is 7.05 Å². The van der Waals surface area contributed by atoms with E-state index in [-0.39, 0.29) is 6.04 Å². The van der Waals surface area contributed by atoms with Gasteiger partial charge in [-0.25, -0.2) is 0 Å². The number of hydrogen-bond acceptors (Lipinski definition) is 5. The molecule has 1 N–H and O–H groups in total. The molecule has 0 aliphatic rings. The Morgan fingerprint density at radius 1 is 1.44 bits per heavy atom. The summed E-state index contributed by atoms with van der Waals surface area (Å²) < 4.78 is 0. The Hall–Kier alpha value is -1.82. The zero-order chi connectivity index (χ0) is 13.0. The summed E-state index contributed by atoms with van der Waals surface area (Å²) in [4.78, 5) is 5.95. The van der Waals surface area contributed by atoms with E-state index in [1.54, 1.807) is 7.05 Å². The Morgan fingerprint density at radius 3 is 2.89 bits per heavy atom. The lowest BCUT2D eigenvalue weighted by molar-refractivity contribution is 0.551. The highest BCUT2D eigenvalue weighted by Crippen LogP contribution is 2.18. The normalized spacial score (nSPS) is 12.6. The molecule has 0 aliphatic carbocycles. The fourth-order valence-corrected chi connectivity index (χ4v) is 1.99. The second-order valence-electron chi connectivity index (χ2n) is 4.14. The lowest BCUT2D eigenvalue weighted by Crippen LogP contribution is -2.22. The molecule has 2 rings (SSSR count). The van der Waals surface area contributed by atoms with E-state index in [2.05, 4.69) is 38.7 Å². The zero-order valence-corrected chi connectivity index (χ0v) is 11.0. The molecule has 0 saturated carbocycles. The number of aromatic nitrogens is 5. The van der Waals surface area contributed by atoms with Crippen LogP contribution in [0.4, 0.5) is 0 Å². The van der Waals surface area contributed by atoms with E-state index in [4.69, 9.17) is 0 Å². The van der Waals surface area contributed by atoms with Gasteiger partial charge in [-0.1, -0.05) is 13.0 Å². The first-order chi connectivity index (χ1) is 8.74. The minimum atomic E-state index is 0.116. The molecule has 18 heavy (non-hydrogen) atoms. The number of rotatable bonds is 5.